The fourth-order valence-electron chi connectivity index (χ4n) is 1.36. The van der Waals surface area contributed by atoms with Crippen LogP contribution in [0.2, 0.25) is 0 Å². The third kappa shape index (κ3) is 2.81. The Hall–Kier alpha value is -0.890. The number of aldehydes is 1. The van der Waals surface area contributed by atoms with Crippen LogP contribution in [0.15, 0.2) is 34.8 Å². The fourth-order valence-corrected chi connectivity index (χ4v) is 1.76. The van der Waals surface area contributed by atoms with Gasteiger partial charge in [-0.15, -0.1) is 0 Å². The number of hydrogen-bond acceptors (Lipinski definition) is 1. The summed E-state index contributed by atoms with van der Waals surface area (Å²) in [5, 5.41) is 0. The molecule has 0 radical (unpaired) electrons. The number of halogens is 1. The molecule has 0 bridgehead atoms. The second-order valence-corrected chi connectivity index (χ2v) is 4.34. The average molecular weight is 253 g/mol. The van der Waals surface area contributed by atoms with Crippen LogP contribution in [0.25, 0.3) is 5.57 Å². The lowest BCUT2D eigenvalue weighted by Crippen LogP contribution is -1.94. The van der Waals surface area contributed by atoms with E-state index in [0.29, 0.717) is 5.92 Å². The van der Waals surface area contributed by atoms with E-state index in [0.717, 1.165) is 21.9 Å². The minimum Gasteiger partial charge on any atom is -0.299 e. The van der Waals surface area contributed by atoms with Gasteiger partial charge in [-0.2, -0.15) is 0 Å². The van der Waals surface area contributed by atoms with Crippen LogP contribution in [0.4, 0.5) is 0 Å². The highest BCUT2D eigenvalue weighted by Gasteiger charge is 2.05. The van der Waals surface area contributed by atoms with Crippen molar-refractivity contribution in [2.75, 3.05) is 0 Å². The van der Waals surface area contributed by atoms with Crippen LogP contribution in [0.1, 0.15) is 19.4 Å². The average Bonchev–Trinajstić information content (AvgIpc) is 2.13. The Morgan fingerprint density at radius 1 is 1.43 bits per heavy atom. The minimum atomic E-state index is 0.356. The van der Waals surface area contributed by atoms with Gasteiger partial charge in [0, 0.05) is 4.47 Å². The predicted octanol–water partition coefficient (Wildman–Crippen LogP) is 3.69. The van der Waals surface area contributed by atoms with Crippen LogP contribution in [-0.2, 0) is 4.79 Å². The molecule has 1 aromatic carbocycles. The highest BCUT2D eigenvalue weighted by atomic mass is 79.9. The van der Waals surface area contributed by atoms with Crippen molar-refractivity contribution >= 4 is 27.8 Å². The zero-order valence-corrected chi connectivity index (χ0v) is 9.91. The molecule has 0 aliphatic rings. The number of carbonyl (C=O) groups is 1. The molecule has 14 heavy (non-hydrogen) atoms. The molecular formula is C12H13BrO. The third-order valence-electron chi connectivity index (χ3n) is 2.03. The summed E-state index contributed by atoms with van der Waals surface area (Å²) in [5.41, 5.74) is 2.17. The molecule has 1 aromatic rings. The van der Waals surface area contributed by atoms with Gasteiger partial charge in [0.25, 0.3) is 0 Å². The van der Waals surface area contributed by atoms with Crippen LogP contribution >= 0.6 is 15.9 Å². The number of allylic oxidation sites excluding steroid dienone is 2. The highest BCUT2D eigenvalue weighted by Crippen LogP contribution is 2.24. The Morgan fingerprint density at radius 2 is 2.14 bits per heavy atom. The number of carbonyl (C=O) groups excluding carboxylic acids is 1. The molecule has 0 saturated carbocycles. The molecule has 2 heteroatoms. The zero-order valence-electron chi connectivity index (χ0n) is 8.33. The standard InChI is InChI=1S/C12H13BrO/c1-9(2)12(6-7-14)10-4-3-5-11(13)8-10/h3-9H,1-2H3/b12-6-. The maximum Gasteiger partial charge on any atom is 0.143 e. The first-order valence-electron chi connectivity index (χ1n) is 4.56. The Morgan fingerprint density at radius 3 is 2.64 bits per heavy atom. The van der Waals surface area contributed by atoms with Gasteiger partial charge < -0.3 is 0 Å². The number of benzene rings is 1. The molecular weight excluding hydrogens is 240 g/mol. The van der Waals surface area contributed by atoms with Gasteiger partial charge >= 0.3 is 0 Å². The van der Waals surface area contributed by atoms with Gasteiger partial charge in [0.15, 0.2) is 0 Å². The van der Waals surface area contributed by atoms with Crippen molar-refractivity contribution in [3.63, 3.8) is 0 Å². The summed E-state index contributed by atoms with van der Waals surface area (Å²) in [6.45, 7) is 4.16. The van der Waals surface area contributed by atoms with Crippen molar-refractivity contribution in [1.29, 1.82) is 0 Å². The number of rotatable bonds is 3. The van der Waals surface area contributed by atoms with E-state index < -0.39 is 0 Å². The van der Waals surface area contributed by atoms with Crippen molar-refractivity contribution < 1.29 is 4.79 Å². The molecule has 74 valence electrons. The Balaban J connectivity index is 3.12. The summed E-state index contributed by atoms with van der Waals surface area (Å²) >= 11 is 3.42. The lowest BCUT2D eigenvalue weighted by atomic mass is 9.95. The first-order valence-corrected chi connectivity index (χ1v) is 5.35. The SMILES string of the molecule is CC(C)/C(=C/C=O)c1cccc(Br)c1. The normalized spacial score (nSPS) is 11.9. The molecule has 0 aliphatic heterocycles. The molecule has 0 fully saturated rings. The molecule has 0 atom stereocenters. The second kappa shape index (κ2) is 5.11. The van der Waals surface area contributed by atoms with Crippen molar-refractivity contribution in [2.24, 2.45) is 5.92 Å². The quantitative estimate of drug-likeness (QED) is 0.593. The van der Waals surface area contributed by atoms with Gasteiger partial charge in [0.2, 0.25) is 0 Å². The van der Waals surface area contributed by atoms with Crippen molar-refractivity contribution in [3.05, 3.63) is 40.4 Å². The molecule has 0 heterocycles. The molecule has 0 aliphatic carbocycles. The molecule has 0 saturated heterocycles. The van der Waals surface area contributed by atoms with Crippen LogP contribution < -0.4 is 0 Å². The van der Waals surface area contributed by atoms with Crippen molar-refractivity contribution in [2.45, 2.75) is 13.8 Å². The van der Waals surface area contributed by atoms with E-state index in [-0.39, 0.29) is 0 Å². The molecule has 0 spiro atoms. The molecule has 0 amide bonds. The zero-order chi connectivity index (χ0) is 10.6. The molecule has 1 rings (SSSR count). The van der Waals surface area contributed by atoms with Gasteiger partial charge in [-0.3, -0.25) is 4.79 Å². The van der Waals surface area contributed by atoms with Gasteiger partial charge in [-0.05, 0) is 35.3 Å². The van der Waals surface area contributed by atoms with Crippen molar-refractivity contribution in [3.8, 4) is 0 Å². The van der Waals surface area contributed by atoms with Crippen LogP contribution in [0, 0.1) is 5.92 Å². The van der Waals surface area contributed by atoms with Gasteiger partial charge in [0.05, 0.1) is 0 Å². The smallest absolute Gasteiger partial charge is 0.143 e. The summed E-state index contributed by atoms with van der Waals surface area (Å²) in [6.07, 6.45) is 2.47. The fraction of sp³-hybridized carbons (Fsp3) is 0.250. The lowest BCUT2D eigenvalue weighted by molar-refractivity contribution is -0.104. The van der Waals surface area contributed by atoms with E-state index in [4.69, 9.17) is 0 Å². The second-order valence-electron chi connectivity index (χ2n) is 3.42. The van der Waals surface area contributed by atoms with Gasteiger partial charge in [-0.25, -0.2) is 0 Å². The molecule has 1 nitrogen and oxygen atoms in total. The molecule has 0 unspecified atom stereocenters. The highest BCUT2D eigenvalue weighted by molar-refractivity contribution is 9.10. The van der Waals surface area contributed by atoms with E-state index in [1.807, 2.05) is 24.3 Å². The monoisotopic (exact) mass is 252 g/mol. The van der Waals surface area contributed by atoms with E-state index in [1.54, 1.807) is 6.08 Å². The maximum absolute atomic E-state index is 10.5. The summed E-state index contributed by atoms with van der Waals surface area (Å²) in [6, 6.07) is 7.98. The summed E-state index contributed by atoms with van der Waals surface area (Å²) in [7, 11) is 0. The minimum absolute atomic E-state index is 0.356. The van der Waals surface area contributed by atoms with Gasteiger partial charge in [0.1, 0.15) is 6.29 Å². The van der Waals surface area contributed by atoms with Gasteiger partial charge in [-0.1, -0.05) is 41.9 Å². The van der Waals surface area contributed by atoms with Crippen molar-refractivity contribution in [1.82, 2.24) is 0 Å². The summed E-state index contributed by atoms with van der Waals surface area (Å²) < 4.78 is 1.03. The first-order chi connectivity index (χ1) is 6.65. The molecule has 0 N–H and O–H groups in total. The van der Waals surface area contributed by atoms with E-state index >= 15 is 0 Å². The van der Waals surface area contributed by atoms with Crippen LogP contribution in [0.3, 0.4) is 0 Å². The largest absolute Gasteiger partial charge is 0.299 e. The van der Waals surface area contributed by atoms with Crippen LogP contribution in [0.5, 0.6) is 0 Å². The first kappa shape index (κ1) is 11.2. The maximum atomic E-state index is 10.5. The molecule has 0 aromatic heterocycles. The van der Waals surface area contributed by atoms with Crippen LogP contribution in [-0.4, -0.2) is 6.29 Å². The predicted molar refractivity (Wildman–Crippen MR) is 63.0 cm³/mol. The number of hydrogen-bond donors (Lipinski definition) is 0. The summed E-state index contributed by atoms with van der Waals surface area (Å²) in [4.78, 5) is 10.5. The van der Waals surface area contributed by atoms with E-state index in [2.05, 4.69) is 29.8 Å². The van der Waals surface area contributed by atoms with E-state index in [9.17, 15) is 4.79 Å². The lowest BCUT2D eigenvalue weighted by Gasteiger charge is -2.10. The Labute approximate surface area is 93.0 Å². The Kier molecular flexibility index (Phi) is 4.08. The topological polar surface area (TPSA) is 17.1 Å². The Bertz CT molecular complexity index is 353. The summed E-state index contributed by atoms with van der Waals surface area (Å²) in [5.74, 6) is 0.356. The van der Waals surface area contributed by atoms with E-state index in [1.165, 1.54) is 0 Å². The third-order valence-corrected chi connectivity index (χ3v) is 2.52.